The second-order valence-corrected chi connectivity index (χ2v) is 7.09. The van der Waals surface area contributed by atoms with E-state index in [0.717, 1.165) is 0 Å². The Bertz CT molecular complexity index is 898. The van der Waals surface area contributed by atoms with Crippen molar-refractivity contribution in [2.75, 3.05) is 36.4 Å². The molecule has 0 atom stereocenters. The molecular weight excluding hydrogens is 354 g/mol. The number of Topliss-reactive ketones (excluding diaryl/α,β-unsaturated/α-hetero) is 1. The fraction of sp³-hybridized carbons (Fsp3) is 0.318. The number of anilines is 2. The highest BCUT2D eigenvalue weighted by Crippen LogP contribution is 2.24. The highest BCUT2D eigenvalue weighted by Gasteiger charge is 2.26. The third-order valence-corrected chi connectivity index (χ3v) is 5.23. The Balaban J connectivity index is 1.57. The smallest absolute Gasteiger partial charge is 0.313 e. The molecule has 1 aliphatic heterocycles. The molecule has 0 saturated carbocycles. The topological polar surface area (TPSA) is 69.7 Å². The van der Waals surface area contributed by atoms with Crippen LogP contribution in [0.4, 0.5) is 11.4 Å². The molecule has 1 fully saturated rings. The number of carbonyl (C=O) groups is 3. The van der Waals surface area contributed by atoms with Gasteiger partial charge in [0.25, 0.3) is 0 Å². The van der Waals surface area contributed by atoms with Gasteiger partial charge in [-0.05, 0) is 62.2 Å². The molecule has 1 heterocycles. The molecule has 1 aliphatic rings. The number of amides is 2. The van der Waals surface area contributed by atoms with Crippen molar-refractivity contribution < 1.29 is 14.4 Å². The van der Waals surface area contributed by atoms with E-state index in [9.17, 15) is 14.4 Å². The zero-order valence-corrected chi connectivity index (χ0v) is 16.5. The van der Waals surface area contributed by atoms with Crippen molar-refractivity contribution in [2.45, 2.75) is 20.8 Å². The van der Waals surface area contributed by atoms with Crippen LogP contribution in [-0.2, 0) is 9.59 Å². The molecule has 0 radical (unpaired) electrons. The van der Waals surface area contributed by atoms with Gasteiger partial charge in [0.1, 0.15) is 0 Å². The van der Waals surface area contributed by atoms with E-state index in [1.807, 2.05) is 6.07 Å². The summed E-state index contributed by atoms with van der Waals surface area (Å²) in [6.07, 6.45) is 0. The van der Waals surface area contributed by atoms with Gasteiger partial charge < -0.3 is 15.1 Å². The number of ketones is 1. The van der Waals surface area contributed by atoms with Gasteiger partial charge in [-0.2, -0.15) is 0 Å². The molecular formula is C22H25N3O3. The van der Waals surface area contributed by atoms with Gasteiger partial charge in [0.15, 0.2) is 5.78 Å². The lowest BCUT2D eigenvalue weighted by molar-refractivity contribution is -0.143. The van der Waals surface area contributed by atoms with Crippen molar-refractivity contribution in [1.82, 2.24) is 4.90 Å². The largest absolute Gasteiger partial charge is 0.368 e. The minimum absolute atomic E-state index is 0.0457. The third kappa shape index (κ3) is 4.22. The second-order valence-electron chi connectivity index (χ2n) is 7.09. The van der Waals surface area contributed by atoms with E-state index < -0.39 is 11.8 Å². The standard InChI is InChI=1S/C22H25N3O3/c1-15-5-4-6-20(16(15)2)24-11-13-25(14-12-24)22(28)21(27)23-19-9-7-18(8-10-19)17(3)26/h4-10H,11-14H2,1-3H3,(H,23,27). The summed E-state index contributed by atoms with van der Waals surface area (Å²) >= 11 is 0. The first kappa shape index (κ1) is 19.6. The molecule has 0 aromatic heterocycles. The highest BCUT2D eigenvalue weighted by molar-refractivity contribution is 6.39. The molecule has 1 saturated heterocycles. The summed E-state index contributed by atoms with van der Waals surface area (Å²) in [5.74, 6) is -1.23. The van der Waals surface area contributed by atoms with Crippen molar-refractivity contribution in [3.8, 4) is 0 Å². The molecule has 2 aromatic rings. The lowest BCUT2D eigenvalue weighted by atomic mass is 10.1. The Morgan fingerprint density at radius 2 is 1.54 bits per heavy atom. The predicted molar refractivity (Wildman–Crippen MR) is 110 cm³/mol. The van der Waals surface area contributed by atoms with Gasteiger partial charge >= 0.3 is 11.8 Å². The Morgan fingerprint density at radius 3 is 2.14 bits per heavy atom. The molecule has 0 bridgehead atoms. The number of hydrogen-bond donors (Lipinski definition) is 1. The van der Waals surface area contributed by atoms with Crippen LogP contribution in [0.15, 0.2) is 42.5 Å². The second kappa shape index (κ2) is 8.25. The van der Waals surface area contributed by atoms with Crippen molar-refractivity contribution in [1.29, 1.82) is 0 Å². The molecule has 146 valence electrons. The number of piperazine rings is 1. The van der Waals surface area contributed by atoms with E-state index in [2.05, 4.69) is 36.2 Å². The minimum Gasteiger partial charge on any atom is -0.368 e. The molecule has 0 spiro atoms. The van der Waals surface area contributed by atoms with Crippen LogP contribution in [0.25, 0.3) is 0 Å². The van der Waals surface area contributed by atoms with Gasteiger partial charge in [0, 0.05) is 43.1 Å². The third-order valence-electron chi connectivity index (χ3n) is 5.23. The number of nitrogens with one attached hydrogen (secondary N) is 1. The van der Waals surface area contributed by atoms with Crippen LogP contribution in [0.1, 0.15) is 28.4 Å². The van der Waals surface area contributed by atoms with E-state index in [1.54, 1.807) is 29.2 Å². The SMILES string of the molecule is CC(=O)c1ccc(NC(=O)C(=O)N2CCN(c3cccc(C)c3C)CC2)cc1. The average molecular weight is 379 g/mol. The summed E-state index contributed by atoms with van der Waals surface area (Å²) in [6, 6.07) is 12.7. The fourth-order valence-electron chi connectivity index (χ4n) is 3.35. The van der Waals surface area contributed by atoms with Crippen LogP contribution in [0.2, 0.25) is 0 Å². The Kier molecular flexibility index (Phi) is 5.78. The molecule has 0 unspecified atom stereocenters. The first-order valence-electron chi connectivity index (χ1n) is 9.39. The molecule has 6 heteroatoms. The summed E-state index contributed by atoms with van der Waals surface area (Å²) in [5.41, 5.74) is 4.73. The van der Waals surface area contributed by atoms with Gasteiger partial charge in [-0.3, -0.25) is 14.4 Å². The predicted octanol–water partition coefficient (Wildman–Crippen LogP) is 2.79. The Labute approximate surface area is 165 Å². The van der Waals surface area contributed by atoms with Crippen LogP contribution in [0, 0.1) is 13.8 Å². The van der Waals surface area contributed by atoms with Crippen LogP contribution in [0.3, 0.4) is 0 Å². The van der Waals surface area contributed by atoms with E-state index in [-0.39, 0.29) is 5.78 Å². The number of carbonyl (C=O) groups excluding carboxylic acids is 3. The van der Waals surface area contributed by atoms with Gasteiger partial charge in [-0.25, -0.2) is 0 Å². The van der Waals surface area contributed by atoms with E-state index in [4.69, 9.17) is 0 Å². The Hall–Kier alpha value is -3.15. The maximum atomic E-state index is 12.5. The molecule has 2 amide bonds. The molecule has 6 nitrogen and oxygen atoms in total. The van der Waals surface area contributed by atoms with Gasteiger partial charge in [0.05, 0.1) is 0 Å². The molecule has 0 aliphatic carbocycles. The summed E-state index contributed by atoms with van der Waals surface area (Å²) in [7, 11) is 0. The van der Waals surface area contributed by atoms with Gasteiger partial charge in [-0.1, -0.05) is 12.1 Å². The zero-order chi connectivity index (χ0) is 20.3. The number of rotatable bonds is 3. The molecule has 3 rings (SSSR count). The van der Waals surface area contributed by atoms with Crippen LogP contribution < -0.4 is 10.2 Å². The summed E-state index contributed by atoms with van der Waals surface area (Å²) in [4.78, 5) is 39.9. The number of hydrogen-bond acceptors (Lipinski definition) is 4. The van der Waals surface area contributed by atoms with Gasteiger partial charge in [-0.15, -0.1) is 0 Å². The maximum absolute atomic E-state index is 12.5. The van der Waals surface area contributed by atoms with Crippen molar-refractivity contribution in [2.24, 2.45) is 0 Å². The minimum atomic E-state index is -0.657. The first-order valence-corrected chi connectivity index (χ1v) is 9.39. The molecule has 2 aromatic carbocycles. The number of aryl methyl sites for hydroxylation is 1. The first-order chi connectivity index (χ1) is 13.4. The van der Waals surface area contributed by atoms with Crippen molar-refractivity contribution in [3.63, 3.8) is 0 Å². The van der Waals surface area contributed by atoms with Gasteiger partial charge in [0.2, 0.25) is 0 Å². The van der Waals surface area contributed by atoms with E-state index in [0.29, 0.717) is 37.4 Å². The van der Waals surface area contributed by atoms with Crippen LogP contribution >= 0.6 is 0 Å². The van der Waals surface area contributed by atoms with Crippen LogP contribution in [0.5, 0.6) is 0 Å². The maximum Gasteiger partial charge on any atom is 0.313 e. The molecule has 1 N–H and O–H groups in total. The number of nitrogens with zero attached hydrogens (tertiary/aromatic N) is 2. The lowest BCUT2D eigenvalue weighted by Gasteiger charge is -2.36. The zero-order valence-electron chi connectivity index (χ0n) is 16.5. The Morgan fingerprint density at radius 1 is 0.893 bits per heavy atom. The summed E-state index contributed by atoms with van der Waals surface area (Å²) < 4.78 is 0. The van der Waals surface area contributed by atoms with Crippen molar-refractivity contribution in [3.05, 3.63) is 59.2 Å². The number of benzene rings is 2. The normalized spacial score (nSPS) is 14.0. The van der Waals surface area contributed by atoms with E-state index >= 15 is 0 Å². The van der Waals surface area contributed by atoms with Crippen molar-refractivity contribution >= 4 is 29.0 Å². The van der Waals surface area contributed by atoms with Crippen LogP contribution in [-0.4, -0.2) is 48.7 Å². The summed E-state index contributed by atoms with van der Waals surface area (Å²) in [6.45, 7) is 8.06. The van der Waals surface area contributed by atoms with E-state index in [1.165, 1.54) is 23.7 Å². The average Bonchev–Trinajstić information content (AvgIpc) is 2.70. The highest BCUT2D eigenvalue weighted by atomic mass is 16.2. The lowest BCUT2D eigenvalue weighted by Crippen LogP contribution is -2.51. The fourth-order valence-corrected chi connectivity index (χ4v) is 3.35. The summed E-state index contributed by atoms with van der Waals surface area (Å²) in [5, 5.41) is 2.61. The monoisotopic (exact) mass is 379 g/mol. The quantitative estimate of drug-likeness (QED) is 0.658. The molecule has 28 heavy (non-hydrogen) atoms.